The molecule has 0 bridgehead atoms. The summed E-state index contributed by atoms with van der Waals surface area (Å²) in [6, 6.07) is 19.6. The number of carbonyl (C=O) groups is 1. The molecule has 5 rings (SSSR count). The van der Waals surface area contributed by atoms with Crippen LogP contribution in [0.2, 0.25) is 0 Å². The molecule has 1 amide bonds. The van der Waals surface area contributed by atoms with Crippen molar-refractivity contribution in [1.82, 2.24) is 20.1 Å². The van der Waals surface area contributed by atoms with E-state index in [0.29, 0.717) is 18.7 Å². The van der Waals surface area contributed by atoms with Crippen molar-refractivity contribution in [3.63, 3.8) is 0 Å². The van der Waals surface area contributed by atoms with E-state index in [1.54, 1.807) is 0 Å². The first-order valence-electron chi connectivity index (χ1n) is 11.4. The molecule has 0 spiro atoms. The lowest BCUT2D eigenvalue weighted by Gasteiger charge is -2.15. The number of hydrogen-bond acceptors (Lipinski definition) is 5. The largest absolute Gasteiger partial charge is 0.484 e. The van der Waals surface area contributed by atoms with Gasteiger partial charge in [0.25, 0.3) is 5.91 Å². The monoisotopic (exact) mass is 446 g/mol. The minimum absolute atomic E-state index is 0.00205. The summed E-state index contributed by atoms with van der Waals surface area (Å²) < 4.78 is 13.7. The van der Waals surface area contributed by atoms with Crippen LogP contribution in [0.25, 0.3) is 11.0 Å². The molecule has 4 aromatic rings. The molecule has 8 nitrogen and oxygen atoms in total. The number of para-hydroxylation sites is 2. The Morgan fingerprint density at radius 3 is 2.82 bits per heavy atom. The zero-order valence-corrected chi connectivity index (χ0v) is 18.5. The third-order valence-corrected chi connectivity index (χ3v) is 5.98. The van der Waals surface area contributed by atoms with Gasteiger partial charge in [-0.3, -0.25) is 4.79 Å². The molecule has 1 unspecified atom stereocenters. The first kappa shape index (κ1) is 21.2. The van der Waals surface area contributed by atoms with Crippen LogP contribution in [0.15, 0.2) is 65.1 Å². The van der Waals surface area contributed by atoms with E-state index in [1.807, 2.05) is 48.5 Å². The van der Waals surface area contributed by atoms with Crippen LogP contribution in [0.1, 0.15) is 17.4 Å². The van der Waals surface area contributed by atoms with Crippen molar-refractivity contribution < 1.29 is 18.8 Å². The van der Waals surface area contributed by atoms with Gasteiger partial charge in [-0.2, -0.15) is 0 Å². The number of fused-ring (bicyclic) bond motifs is 2. The Bertz CT molecular complexity index is 1180. The Morgan fingerprint density at radius 1 is 1.09 bits per heavy atom. The number of carbonyl (C=O) groups excluding carboxylic acids is 1. The van der Waals surface area contributed by atoms with Gasteiger partial charge in [0, 0.05) is 18.4 Å². The van der Waals surface area contributed by atoms with Crippen LogP contribution >= 0.6 is 0 Å². The second-order valence-corrected chi connectivity index (χ2v) is 8.31. The molecule has 170 valence electrons. The summed E-state index contributed by atoms with van der Waals surface area (Å²) in [5.74, 6) is 3.49. The van der Waals surface area contributed by atoms with Gasteiger partial charge >= 0.3 is 0 Å². The number of ether oxygens (including phenoxy) is 1. The molecule has 0 aliphatic carbocycles. The predicted molar refractivity (Wildman–Crippen MR) is 123 cm³/mol. The van der Waals surface area contributed by atoms with Crippen molar-refractivity contribution in [1.29, 1.82) is 0 Å². The van der Waals surface area contributed by atoms with Gasteiger partial charge in [-0.1, -0.05) is 36.4 Å². The van der Waals surface area contributed by atoms with Crippen LogP contribution < -0.4 is 15.0 Å². The number of aromatic nitrogens is 3. The van der Waals surface area contributed by atoms with Gasteiger partial charge in [0.05, 0.1) is 26.1 Å². The highest BCUT2D eigenvalue weighted by molar-refractivity contribution is 5.78. The van der Waals surface area contributed by atoms with Crippen LogP contribution in [0, 0.1) is 0 Å². The Morgan fingerprint density at radius 2 is 1.94 bits per heavy atom. The van der Waals surface area contributed by atoms with Gasteiger partial charge in [-0.05, 0) is 24.3 Å². The molecule has 3 heterocycles. The molecule has 0 fully saturated rings. The summed E-state index contributed by atoms with van der Waals surface area (Å²) in [5.41, 5.74) is 0.942. The lowest BCUT2D eigenvalue weighted by molar-refractivity contribution is -0.914. The Balaban J connectivity index is 1.11. The number of amides is 1. The number of rotatable bonds is 8. The summed E-state index contributed by atoms with van der Waals surface area (Å²) in [5, 5.41) is 12.8. The SMILES string of the molecule is O=C(COc1ccccc1)NCCc1nnc2n1CC[NH+](Cc1cc3ccccc3o1)CC2. The van der Waals surface area contributed by atoms with Crippen molar-refractivity contribution in [3.8, 4) is 5.75 Å². The predicted octanol–water partition coefficient (Wildman–Crippen LogP) is 1.40. The van der Waals surface area contributed by atoms with E-state index in [1.165, 1.54) is 4.90 Å². The van der Waals surface area contributed by atoms with E-state index in [-0.39, 0.29) is 12.5 Å². The van der Waals surface area contributed by atoms with Gasteiger partial charge in [0.2, 0.25) is 0 Å². The molecule has 0 saturated heterocycles. The number of hydrogen-bond donors (Lipinski definition) is 2. The lowest BCUT2D eigenvalue weighted by Crippen LogP contribution is -3.11. The van der Waals surface area contributed by atoms with Gasteiger partial charge in [-0.25, -0.2) is 0 Å². The van der Waals surface area contributed by atoms with Crippen LogP contribution in [0.5, 0.6) is 5.75 Å². The Hall–Kier alpha value is -3.65. The van der Waals surface area contributed by atoms with Gasteiger partial charge in [-0.15, -0.1) is 10.2 Å². The number of benzene rings is 2. The summed E-state index contributed by atoms with van der Waals surface area (Å²) in [6.45, 7) is 4.19. The molecule has 1 aliphatic heterocycles. The third-order valence-electron chi connectivity index (χ3n) is 5.98. The van der Waals surface area contributed by atoms with Crippen molar-refractivity contribution in [2.45, 2.75) is 25.9 Å². The lowest BCUT2D eigenvalue weighted by atomic mass is 10.2. The van der Waals surface area contributed by atoms with Crippen LogP contribution in [-0.4, -0.2) is 46.9 Å². The van der Waals surface area contributed by atoms with E-state index in [9.17, 15) is 4.79 Å². The molecule has 2 aromatic heterocycles. The molecular weight excluding hydrogens is 418 g/mol. The van der Waals surface area contributed by atoms with E-state index in [0.717, 1.165) is 61.0 Å². The average molecular weight is 447 g/mol. The highest BCUT2D eigenvalue weighted by Crippen LogP contribution is 2.18. The maximum Gasteiger partial charge on any atom is 0.257 e. The molecule has 8 heteroatoms. The molecule has 0 saturated carbocycles. The Kier molecular flexibility index (Phi) is 6.34. The molecule has 1 atom stereocenters. The highest BCUT2D eigenvalue weighted by atomic mass is 16.5. The maximum atomic E-state index is 12.1. The quantitative estimate of drug-likeness (QED) is 0.427. The van der Waals surface area contributed by atoms with Crippen molar-refractivity contribution in [2.24, 2.45) is 0 Å². The van der Waals surface area contributed by atoms with Crippen molar-refractivity contribution in [2.75, 3.05) is 26.2 Å². The number of nitrogens with zero attached hydrogens (tertiary/aromatic N) is 3. The van der Waals surface area contributed by atoms with Crippen LogP contribution in [-0.2, 0) is 30.7 Å². The van der Waals surface area contributed by atoms with Crippen LogP contribution in [0.4, 0.5) is 0 Å². The fourth-order valence-electron chi connectivity index (χ4n) is 4.26. The molecular formula is C25H28N5O3+. The van der Waals surface area contributed by atoms with E-state index >= 15 is 0 Å². The van der Waals surface area contributed by atoms with Gasteiger partial charge in [0.1, 0.15) is 29.5 Å². The first-order chi connectivity index (χ1) is 16.2. The number of quaternary nitrogens is 1. The molecule has 33 heavy (non-hydrogen) atoms. The van der Waals surface area contributed by atoms with Gasteiger partial charge in [0.15, 0.2) is 12.4 Å². The highest BCUT2D eigenvalue weighted by Gasteiger charge is 2.22. The zero-order valence-electron chi connectivity index (χ0n) is 18.5. The van der Waals surface area contributed by atoms with Crippen molar-refractivity contribution >= 4 is 16.9 Å². The fraction of sp³-hybridized carbons (Fsp3) is 0.320. The second kappa shape index (κ2) is 9.87. The van der Waals surface area contributed by atoms with Crippen LogP contribution in [0.3, 0.4) is 0 Å². The topological polar surface area (TPSA) is 86.6 Å². The van der Waals surface area contributed by atoms with E-state index < -0.39 is 0 Å². The average Bonchev–Trinajstić information content (AvgIpc) is 3.37. The van der Waals surface area contributed by atoms with E-state index in [4.69, 9.17) is 9.15 Å². The smallest absolute Gasteiger partial charge is 0.257 e. The Labute approximate surface area is 192 Å². The van der Waals surface area contributed by atoms with E-state index in [2.05, 4.69) is 32.2 Å². The maximum absolute atomic E-state index is 12.1. The zero-order chi connectivity index (χ0) is 22.5. The number of furan rings is 1. The standard InChI is InChI=1S/C25H27N5O3/c31-25(18-32-20-7-2-1-3-8-20)26-12-10-23-27-28-24-11-13-29(14-15-30(23)24)17-21-16-19-6-4-5-9-22(19)33-21/h1-9,16H,10-15,17-18H2,(H,26,31)/p+1. The fourth-order valence-corrected chi connectivity index (χ4v) is 4.26. The second-order valence-electron chi connectivity index (χ2n) is 8.31. The van der Waals surface area contributed by atoms with Crippen molar-refractivity contribution in [3.05, 3.63) is 78.1 Å². The molecule has 1 aliphatic rings. The minimum Gasteiger partial charge on any atom is -0.484 e. The normalized spacial score (nSPS) is 15.7. The minimum atomic E-state index is -0.143. The summed E-state index contributed by atoms with van der Waals surface area (Å²) in [6.07, 6.45) is 1.52. The molecule has 0 radical (unpaired) electrons. The number of nitrogens with one attached hydrogen (secondary N) is 2. The first-order valence-corrected chi connectivity index (χ1v) is 11.4. The summed E-state index contributed by atoms with van der Waals surface area (Å²) in [4.78, 5) is 13.5. The summed E-state index contributed by atoms with van der Waals surface area (Å²) >= 11 is 0. The summed E-state index contributed by atoms with van der Waals surface area (Å²) in [7, 11) is 0. The molecule has 2 aromatic carbocycles. The third kappa shape index (κ3) is 5.23. The van der Waals surface area contributed by atoms with Gasteiger partial charge < -0.3 is 23.9 Å². The molecule has 2 N–H and O–H groups in total.